The highest BCUT2D eigenvalue weighted by molar-refractivity contribution is 5.96. The third-order valence-electron chi connectivity index (χ3n) is 2.91. The molecule has 1 heterocycles. The summed E-state index contributed by atoms with van der Waals surface area (Å²) < 4.78 is 14.5. The van der Waals surface area contributed by atoms with Gasteiger partial charge < -0.3 is 19.5 Å². The van der Waals surface area contributed by atoms with Crippen LogP contribution < -0.4 is 10.1 Å². The van der Waals surface area contributed by atoms with Crippen LogP contribution in [-0.4, -0.2) is 44.2 Å². The number of hydrogen-bond acceptors (Lipinski definition) is 6. The van der Waals surface area contributed by atoms with Crippen LogP contribution in [0.1, 0.15) is 16.8 Å². The van der Waals surface area contributed by atoms with Crippen molar-refractivity contribution in [3.05, 3.63) is 29.8 Å². The van der Waals surface area contributed by atoms with Gasteiger partial charge in [-0.15, -0.1) is 0 Å². The Balaban J connectivity index is 1.79. The average molecular weight is 293 g/mol. The van der Waals surface area contributed by atoms with Crippen molar-refractivity contribution < 1.29 is 28.6 Å². The predicted molar refractivity (Wildman–Crippen MR) is 70.8 cm³/mol. The van der Waals surface area contributed by atoms with Gasteiger partial charge in [0.15, 0.2) is 0 Å². The first-order chi connectivity index (χ1) is 10.1. The summed E-state index contributed by atoms with van der Waals surface area (Å²) >= 11 is 0. The number of esters is 2. The summed E-state index contributed by atoms with van der Waals surface area (Å²) in [6.07, 6.45) is -0.521. The largest absolute Gasteiger partial charge is 0.497 e. The van der Waals surface area contributed by atoms with Crippen molar-refractivity contribution >= 4 is 17.8 Å². The van der Waals surface area contributed by atoms with E-state index in [4.69, 9.17) is 9.47 Å². The van der Waals surface area contributed by atoms with Crippen LogP contribution in [0.2, 0.25) is 0 Å². The number of carbonyl (C=O) groups is 3. The molecule has 0 spiro atoms. The fraction of sp³-hybridized carbons (Fsp3) is 0.357. The fourth-order valence-electron chi connectivity index (χ4n) is 1.78. The molecule has 1 fully saturated rings. The molecule has 0 radical (unpaired) electrons. The van der Waals surface area contributed by atoms with Crippen molar-refractivity contribution in [1.82, 2.24) is 5.32 Å². The molecule has 1 aromatic rings. The highest BCUT2D eigenvalue weighted by Gasteiger charge is 2.30. The number of methoxy groups -OCH3 is 1. The van der Waals surface area contributed by atoms with Crippen molar-refractivity contribution in [2.45, 2.75) is 12.5 Å². The van der Waals surface area contributed by atoms with Gasteiger partial charge in [-0.3, -0.25) is 9.59 Å². The molecule has 0 aromatic heterocycles. The standard InChI is InChI=1S/C14H15NO6/c1-19-10-4-2-9(3-5-10)13(17)15-8-12(16)21-11-6-7-20-14(11)18/h2-5,11H,6-8H2,1H3,(H,15,17). The van der Waals surface area contributed by atoms with Gasteiger partial charge >= 0.3 is 11.9 Å². The summed E-state index contributed by atoms with van der Waals surface area (Å²) in [7, 11) is 1.53. The minimum absolute atomic E-state index is 0.245. The summed E-state index contributed by atoms with van der Waals surface area (Å²) in [5, 5.41) is 2.42. The zero-order chi connectivity index (χ0) is 15.2. The van der Waals surface area contributed by atoms with Gasteiger partial charge in [0.2, 0.25) is 6.10 Å². The highest BCUT2D eigenvalue weighted by Crippen LogP contribution is 2.11. The Morgan fingerprint density at radius 1 is 1.33 bits per heavy atom. The van der Waals surface area contributed by atoms with Crippen LogP contribution in [0.4, 0.5) is 0 Å². The second-order valence-electron chi connectivity index (χ2n) is 4.35. The molecule has 1 aliphatic rings. The number of benzene rings is 1. The quantitative estimate of drug-likeness (QED) is 0.784. The van der Waals surface area contributed by atoms with E-state index < -0.39 is 23.9 Å². The van der Waals surface area contributed by atoms with Gasteiger partial charge in [-0.05, 0) is 24.3 Å². The normalized spacial score (nSPS) is 17.0. The van der Waals surface area contributed by atoms with Crippen LogP contribution in [0.25, 0.3) is 0 Å². The molecule has 2 rings (SSSR count). The van der Waals surface area contributed by atoms with Crippen molar-refractivity contribution in [2.75, 3.05) is 20.3 Å². The maximum Gasteiger partial charge on any atom is 0.347 e. The van der Waals surface area contributed by atoms with E-state index in [1.807, 2.05) is 0 Å². The molecule has 1 aromatic carbocycles. The second kappa shape index (κ2) is 6.74. The van der Waals surface area contributed by atoms with E-state index in [9.17, 15) is 14.4 Å². The van der Waals surface area contributed by atoms with Crippen LogP contribution in [0.3, 0.4) is 0 Å². The zero-order valence-electron chi connectivity index (χ0n) is 11.5. The number of carbonyl (C=O) groups excluding carboxylic acids is 3. The Kier molecular flexibility index (Phi) is 4.76. The van der Waals surface area contributed by atoms with Crippen molar-refractivity contribution in [3.63, 3.8) is 0 Å². The predicted octanol–water partition coefficient (Wildman–Crippen LogP) is 0.284. The van der Waals surface area contributed by atoms with Crippen LogP contribution in [0.15, 0.2) is 24.3 Å². The summed E-state index contributed by atoms with van der Waals surface area (Å²) in [5.41, 5.74) is 0.392. The molecule has 1 N–H and O–H groups in total. The number of amides is 1. The Bertz CT molecular complexity index is 539. The van der Waals surface area contributed by atoms with Crippen LogP contribution in [0.5, 0.6) is 5.75 Å². The third kappa shape index (κ3) is 3.95. The van der Waals surface area contributed by atoms with Crippen LogP contribution in [-0.2, 0) is 19.1 Å². The monoisotopic (exact) mass is 293 g/mol. The van der Waals surface area contributed by atoms with Gasteiger partial charge in [0, 0.05) is 12.0 Å². The molecule has 0 bridgehead atoms. The summed E-state index contributed by atoms with van der Waals surface area (Å²) in [6.45, 7) is -0.0658. The van der Waals surface area contributed by atoms with Crippen LogP contribution >= 0.6 is 0 Å². The minimum atomic E-state index is -0.865. The lowest BCUT2D eigenvalue weighted by Crippen LogP contribution is -2.33. The first kappa shape index (κ1) is 14.8. The summed E-state index contributed by atoms with van der Waals surface area (Å²) in [5.74, 6) is -1.01. The lowest BCUT2D eigenvalue weighted by Gasteiger charge is -2.09. The summed E-state index contributed by atoms with van der Waals surface area (Å²) in [4.78, 5) is 34.4. The molecule has 7 nitrogen and oxygen atoms in total. The smallest absolute Gasteiger partial charge is 0.347 e. The van der Waals surface area contributed by atoms with E-state index in [0.717, 1.165) is 0 Å². The third-order valence-corrected chi connectivity index (χ3v) is 2.91. The molecule has 0 saturated carbocycles. The maximum absolute atomic E-state index is 11.8. The average Bonchev–Trinajstić information content (AvgIpc) is 2.90. The first-order valence-corrected chi connectivity index (χ1v) is 6.38. The van der Waals surface area contributed by atoms with Crippen molar-refractivity contribution in [1.29, 1.82) is 0 Å². The SMILES string of the molecule is COc1ccc(C(=O)NCC(=O)OC2CCOC2=O)cc1. The van der Waals surface area contributed by atoms with E-state index in [1.54, 1.807) is 24.3 Å². The van der Waals surface area contributed by atoms with Gasteiger partial charge in [-0.1, -0.05) is 0 Å². The van der Waals surface area contributed by atoms with E-state index in [-0.39, 0.29) is 13.2 Å². The van der Waals surface area contributed by atoms with E-state index in [1.165, 1.54) is 7.11 Å². The molecule has 1 saturated heterocycles. The van der Waals surface area contributed by atoms with Gasteiger partial charge in [-0.2, -0.15) is 0 Å². The Labute approximate surface area is 121 Å². The van der Waals surface area contributed by atoms with Crippen LogP contribution in [0, 0.1) is 0 Å². The van der Waals surface area contributed by atoms with Crippen molar-refractivity contribution in [2.24, 2.45) is 0 Å². The minimum Gasteiger partial charge on any atom is -0.497 e. The molecule has 7 heteroatoms. The lowest BCUT2D eigenvalue weighted by molar-refractivity contribution is -0.159. The molecular formula is C14H15NO6. The van der Waals surface area contributed by atoms with E-state index in [0.29, 0.717) is 17.7 Å². The Morgan fingerprint density at radius 3 is 2.62 bits per heavy atom. The number of nitrogens with one attached hydrogen (secondary N) is 1. The fourth-order valence-corrected chi connectivity index (χ4v) is 1.78. The zero-order valence-corrected chi connectivity index (χ0v) is 11.5. The molecule has 0 aliphatic carbocycles. The molecule has 1 aliphatic heterocycles. The highest BCUT2D eigenvalue weighted by atomic mass is 16.6. The topological polar surface area (TPSA) is 90.9 Å². The summed E-state index contributed by atoms with van der Waals surface area (Å²) in [6, 6.07) is 6.44. The molecule has 1 atom stereocenters. The lowest BCUT2D eigenvalue weighted by atomic mass is 10.2. The van der Waals surface area contributed by atoms with E-state index in [2.05, 4.69) is 10.1 Å². The van der Waals surface area contributed by atoms with Gasteiger partial charge in [0.05, 0.1) is 13.7 Å². The second-order valence-corrected chi connectivity index (χ2v) is 4.35. The first-order valence-electron chi connectivity index (χ1n) is 6.38. The van der Waals surface area contributed by atoms with Gasteiger partial charge in [0.1, 0.15) is 12.3 Å². The van der Waals surface area contributed by atoms with Gasteiger partial charge in [0.25, 0.3) is 5.91 Å². The number of rotatable bonds is 5. The molecular weight excluding hydrogens is 278 g/mol. The number of hydrogen-bond donors (Lipinski definition) is 1. The Morgan fingerprint density at radius 2 is 2.05 bits per heavy atom. The van der Waals surface area contributed by atoms with Gasteiger partial charge in [-0.25, -0.2) is 4.79 Å². The number of cyclic esters (lactones) is 1. The van der Waals surface area contributed by atoms with Crippen molar-refractivity contribution in [3.8, 4) is 5.75 Å². The Hall–Kier alpha value is -2.57. The molecule has 1 unspecified atom stereocenters. The molecule has 112 valence electrons. The van der Waals surface area contributed by atoms with E-state index >= 15 is 0 Å². The molecule has 1 amide bonds. The molecule has 21 heavy (non-hydrogen) atoms. The number of ether oxygens (including phenoxy) is 3. The maximum atomic E-state index is 11.8.